The lowest BCUT2D eigenvalue weighted by Crippen LogP contribution is -2.28. The van der Waals surface area contributed by atoms with E-state index in [1.165, 1.54) is 6.20 Å². The van der Waals surface area contributed by atoms with E-state index in [9.17, 15) is 9.59 Å². The predicted octanol–water partition coefficient (Wildman–Crippen LogP) is -0.781. The van der Waals surface area contributed by atoms with Crippen LogP contribution in [-0.4, -0.2) is 9.55 Å². The van der Waals surface area contributed by atoms with E-state index in [0.29, 0.717) is 0 Å². The number of nitrogens with two attached hydrogens (primary N) is 1. The molecule has 0 unspecified atom stereocenters. The summed E-state index contributed by atoms with van der Waals surface area (Å²) < 4.78 is 1.04. The molecule has 0 fully saturated rings. The largest absolute Gasteiger partial charge is 0.385 e. The monoisotopic (exact) mass is 153 g/mol. The van der Waals surface area contributed by atoms with Crippen molar-refractivity contribution in [3.05, 3.63) is 33.5 Å². The summed E-state index contributed by atoms with van der Waals surface area (Å²) in [6.45, 7) is 3.34. The Labute approximate surface area is 61.8 Å². The number of hydrogen-bond donors (Lipinski definition) is 2. The average Bonchev–Trinajstić information content (AvgIpc) is 1.85. The molecule has 0 aliphatic carbocycles. The summed E-state index contributed by atoms with van der Waals surface area (Å²) in [6.07, 6.45) is 1.23. The Bertz CT molecular complexity index is 388. The molecule has 0 bridgehead atoms. The van der Waals surface area contributed by atoms with Gasteiger partial charge in [-0.25, -0.2) is 4.79 Å². The molecule has 0 saturated carbocycles. The highest BCUT2D eigenvalue weighted by molar-refractivity contribution is 5.36. The Morgan fingerprint density at radius 2 is 2.27 bits per heavy atom. The van der Waals surface area contributed by atoms with Crippen LogP contribution in [0.15, 0.2) is 22.2 Å². The number of H-pyrrole nitrogens is 1. The smallest absolute Gasteiger partial charge is 0.334 e. The zero-order chi connectivity index (χ0) is 8.43. The summed E-state index contributed by atoms with van der Waals surface area (Å²) in [7, 11) is 0. The number of hydrogen-bond acceptors (Lipinski definition) is 3. The van der Waals surface area contributed by atoms with Crippen LogP contribution in [0.1, 0.15) is 0 Å². The molecule has 0 aliphatic heterocycles. The SMILES string of the molecule is C=Cn1c(N)cc(=O)[nH]c1=O. The van der Waals surface area contributed by atoms with Gasteiger partial charge in [0.25, 0.3) is 5.56 Å². The first kappa shape index (κ1) is 7.33. The summed E-state index contributed by atoms with van der Waals surface area (Å²) >= 11 is 0. The van der Waals surface area contributed by atoms with Gasteiger partial charge in [-0.15, -0.1) is 0 Å². The summed E-state index contributed by atoms with van der Waals surface area (Å²) in [5, 5.41) is 0. The molecule has 0 aromatic carbocycles. The molecular formula is C6H7N3O2. The number of rotatable bonds is 1. The third-order valence-corrected chi connectivity index (χ3v) is 1.19. The van der Waals surface area contributed by atoms with Crippen LogP contribution in [0.3, 0.4) is 0 Å². The Morgan fingerprint density at radius 1 is 1.64 bits per heavy atom. The third-order valence-electron chi connectivity index (χ3n) is 1.19. The maximum Gasteiger partial charge on any atom is 0.334 e. The first-order valence-corrected chi connectivity index (χ1v) is 2.89. The van der Waals surface area contributed by atoms with Gasteiger partial charge in [-0.3, -0.25) is 14.3 Å². The number of aromatic nitrogens is 2. The number of aromatic amines is 1. The van der Waals surface area contributed by atoms with E-state index >= 15 is 0 Å². The second-order valence-electron chi connectivity index (χ2n) is 1.92. The van der Waals surface area contributed by atoms with Gasteiger partial charge in [0.2, 0.25) is 0 Å². The van der Waals surface area contributed by atoms with E-state index in [1.807, 2.05) is 4.98 Å². The molecule has 0 radical (unpaired) electrons. The zero-order valence-corrected chi connectivity index (χ0v) is 5.70. The standard InChI is InChI=1S/C6H7N3O2/c1-2-9-4(7)3-5(10)8-6(9)11/h2-3H,1,7H2,(H,8,10,11). The maximum absolute atomic E-state index is 10.8. The van der Waals surface area contributed by atoms with Crippen molar-refractivity contribution in [2.24, 2.45) is 0 Å². The lowest BCUT2D eigenvalue weighted by molar-refractivity contribution is 0.951. The Hall–Kier alpha value is -1.78. The topological polar surface area (TPSA) is 80.9 Å². The van der Waals surface area contributed by atoms with Gasteiger partial charge in [-0.1, -0.05) is 6.58 Å². The molecule has 0 spiro atoms. The van der Waals surface area contributed by atoms with Crippen molar-refractivity contribution >= 4 is 12.0 Å². The van der Waals surface area contributed by atoms with Crippen molar-refractivity contribution in [3.63, 3.8) is 0 Å². The molecule has 0 atom stereocenters. The summed E-state index contributed by atoms with van der Waals surface area (Å²) in [5.74, 6) is 0.0775. The minimum atomic E-state index is -0.579. The quantitative estimate of drug-likeness (QED) is 0.555. The minimum Gasteiger partial charge on any atom is -0.385 e. The molecular weight excluding hydrogens is 146 g/mol. The van der Waals surface area contributed by atoms with E-state index in [4.69, 9.17) is 5.73 Å². The normalized spacial score (nSPS) is 9.45. The predicted molar refractivity (Wildman–Crippen MR) is 42.1 cm³/mol. The fraction of sp³-hybridized carbons (Fsp3) is 0. The number of nitrogen functional groups attached to an aromatic ring is 1. The summed E-state index contributed by atoms with van der Waals surface area (Å²) in [6, 6.07) is 1.11. The van der Waals surface area contributed by atoms with E-state index in [-0.39, 0.29) is 5.82 Å². The molecule has 0 amide bonds. The zero-order valence-electron chi connectivity index (χ0n) is 5.70. The molecule has 11 heavy (non-hydrogen) atoms. The van der Waals surface area contributed by atoms with Crippen LogP contribution in [0.4, 0.5) is 5.82 Å². The van der Waals surface area contributed by atoms with Crippen LogP contribution in [-0.2, 0) is 0 Å². The van der Waals surface area contributed by atoms with Crippen molar-refractivity contribution in [1.29, 1.82) is 0 Å². The first-order chi connectivity index (χ1) is 5.15. The van der Waals surface area contributed by atoms with Gasteiger partial charge in [0.05, 0.1) is 0 Å². The van der Waals surface area contributed by atoms with Crippen molar-refractivity contribution in [2.45, 2.75) is 0 Å². The second kappa shape index (κ2) is 2.45. The van der Waals surface area contributed by atoms with Gasteiger partial charge in [0.15, 0.2) is 0 Å². The molecule has 1 heterocycles. The van der Waals surface area contributed by atoms with Crippen LogP contribution in [0, 0.1) is 0 Å². The summed E-state index contributed by atoms with van der Waals surface area (Å²) in [4.78, 5) is 23.5. The maximum atomic E-state index is 10.8. The molecule has 3 N–H and O–H groups in total. The van der Waals surface area contributed by atoms with Crippen LogP contribution >= 0.6 is 0 Å². The van der Waals surface area contributed by atoms with Crippen LogP contribution < -0.4 is 17.0 Å². The molecule has 58 valence electrons. The van der Waals surface area contributed by atoms with Crippen molar-refractivity contribution in [3.8, 4) is 0 Å². The van der Waals surface area contributed by atoms with Gasteiger partial charge in [0, 0.05) is 12.3 Å². The average molecular weight is 153 g/mol. The van der Waals surface area contributed by atoms with Crippen LogP contribution in [0.2, 0.25) is 0 Å². The third kappa shape index (κ3) is 1.21. The van der Waals surface area contributed by atoms with Crippen molar-refractivity contribution < 1.29 is 0 Å². The van der Waals surface area contributed by atoms with Crippen LogP contribution in [0.5, 0.6) is 0 Å². The van der Waals surface area contributed by atoms with E-state index in [1.54, 1.807) is 0 Å². The van der Waals surface area contributed by atoms with E-state index < -0.39 is 11.2 Å². The second-order valence-corrected chi connectivity index (χ2v) is 1.92. The Balaban J connectivity index is 3.62. The molecule has 5 heteroatoms. The number of nitrogens with one attached hydrogen (secondary N) is 1. The fourth-order valence-corrected chi connectivity index (χ4v) is 0.711. The van der Waals surface area contributed by atoms with Gasteiger partial charge >= 0.3 is 5.69 Å². The molecule has 0 aliphatic rings. The lowest BCUT2D eigenvalue weighted by Gasteiger charge is -1.99. The molecule has 1 rings (SSSR count). The summed E-state index contributed by atoms with van der Waals surface area (Å²) in [5.41, 5.74) is 4.22. The minimum absolute atomic E-state index is 0.0775. The van der Waals surface area contributed by atoms with Gasteiger partial charge in [-0.2, -0.15) is 0 Å². The number of anilines is 1. The van der Waals surface area contributed by atoms with E-state index in [0.717, 1.165) is 10.6 Å². The highest BCUT2D eigenvalue weighted by atomic mass is 16.2. The fourth-order valence-electron chi connectivity index (χ4n) is 0.711. The lowest BCUT2D eigenvalue weighted by atomic mass is 10.6. The van der Waals surface area contributed by atoms with E-state index in [2.05, 4.69) is 6.58 Å². The van der Waals surface area contributed by atoms with Gasteiger partial charge < -0.3 is 5.73 Å². The highest BCUT2D eigenvalue weighted by Gasteiger charge is 1.96. The van der Waals surface area contributed by atoms with Gasteiger partial charge in [-0.05, 0) is 0 Å². The van der Waals surface area contributed by atoms with Crippen molar-refractivity contribution in [2.75, 3.05) is 5.73 Å². The molecule has 1 aromatic heterocycles. The Morgan fingerprint density at radius 3 is 2.73 bits per heavy atom. The Kier molecular flexibility index (Phi) is 1.63. The first-order valence-electron chi connectivity index (χ1n) is 2.89. The van der Waals surface area contributed by atoms with Gasteiger partial charge in [0.1, 0.15) is 5.82 Å². The molecule has 0 saturated heterocycles. The highest BCUT2D eigenvalue weighted by Crippen LogP contribution is 1.90. The molecule has 5 nitrogen and oxygen atoms in total. The van der Waals surface area contributed by atoms with Crippen molar-refractivity contribution in [1.82, 2.24) is 9.55 Å². The van der Waals surface area contributed by atoms with Crippen LogP contribution in [0.25, 0.3) is 6.20 Å². The molecule has 1 aromatic rings. The number of nitrogens with zero attached hydrogens (tertiary/aromatic N) is 1.